The fraction of sp³-hybridized carbons (Fsp3) is 0.667. The van der Waals surface area contributed by atoms with Crippen LogP contribution in [0.25, 0.3) is 0 Å². The summed E-state index contributed by atoms with van der Waals surface area (Å²) >= 11 is 1.81. The summed E-state index contributed by atoms with van der Waals surface area (Å²) in [5.41, 5.74) is 0. The molecule has 140 valence electrons. The molecule has 1 amide bonds. The summed E-state index contributed by atoms with van der Waals surface area (Å²) in [6.07, 6.45) is 7.17. The summed E-state index contributed by atoms with van der Waals surface area (Å²) in [5, 5.41) is 11.6. The number of amides is 1. The lowest BCUT2D eigenvalue weighted by atomic mass is 10.1. The van der Waals surface area contributed by atoms with Gasteiger partial charge in [-0.15, -0.1) is 16.4 Å². The first kappa shape index (κ1) is 17.6. The lowest BCUT2D eigenvalue weighted by molar-refractivity contribution is -0.136. The Morgan fingerprint density at radius 3 is 2.69 bits per heavy atom. The Hall–Kier alpha value is -1.80. The zero-order valence-electron chi connectivity index (χ0n) is 15.3. The van der Waals surface area contributed by atoms with Crippen LogP contribution in [0.3, 0.4) is 0 Å². The van der Waals surface area contributed by atoms with Crippen LogP contribution in [0.2, 0.25) is 0 Å². The first-order valence-corrected chi connectivity index (χ1v) is 10.3. The van der Waals surface area contributed by atoms with Gasteiger partial charge in [0.15, 0.2) is 0 Å². The molecule has 2 aromatic heterocycles. The van der Waals surface area contributed by atoms with Crippen LogP contribution >= 0.6 is 11.3 Å². The first-order valence-electron chi connectivity index (χ1n) is 9.51. The monoisotopic (exact) mass is 374 g/mol. The van der Waals surface area contributed by atoms with Gasteiger partial charge in [-0.25, -0.2) is 4.68 Å². The molecule has 0 unspecified atom stereocenters. The summed E-state index contributed by atoms with van der Waals surface area (Å²) < 4.78 is 1.81. The van der Waals surface area contributed by atoms with Gasteiger partial charge in [-0.05, 0) is 48.7 Å². The minimum Gasteiger partial charge on any atom is -0.341 e. The first-order chi connectivity index (χ1) is 12.7. The van der Waals surface area contributed by atoms with E-state index in [9.17, 15) is 4.79 Å². The number of hydrogen-bond acceptors (Lipinski definition) is 6. The molecular formula is C18H26N6OS. The number of carbonyl (C=O) groups is 1. The average Bonchev–Trinajstić information content (AvgIpc) is 3.33. The number of hydrogen-bond donors (Lipinski definition) is 0. The van der Waals surface area contributed by atoms with Crippen molar-refractivity contribution < 1.29 is 4.79 Å². The van der Waals surface area contributed by atoms with E-state index in [0.29, 0.717) is 0 Å². The highest BCUT2D eigenvalue weighted by atomic mass is 32.1. The molecular weight excluding hydrogens is 348 g/mol. The van der Waals surface area contributed by atoms with Crippen molar-refractivity contribution in [3.8, 4) is 0 Å². The van der Waals surface area contributed by atoms with E-state index in [1.165, 1.54) is 22.6 Å². The average molecular weight is 375 g/mol. The van der Waals surface area contributed by atoms with Gasteiger partial charge in [0, 0.05) is 35.9 Å². The molecule has 0 bridgehead atoms. The van der Waals surface area contributed by atoms with Gasteiger partial charge in [0.25, 0.3) is 0 Å². The van der Waals surface area contributed by atoms with E-state index in [2.05, 4.69) is 44.4 Å². The fourth-order valence-electron chi connectivity index (χ4n) is 4.11. The molecule has 0 spiro atoms. The van der Waals surface area contributed by atoms with E-state index in [0.717, 1.165) is 45.4 Å². The Bertz CT molecular complexity index is 722. The zero-order valence-corrected chi connectivity index (χ0v) is 16.1. The molecule has 0 N–H and O–H groups in total. The van der Waals surface area contributed by atoms with Crippen LogP contribution in [0.15, 0.2) is 18.5 Å². The fourth-order valence-corrected chi connectivity index (χ4v) is 5.03. The normalized spacial score (nSPS) is 24.7. The van der Waals surface area contributed by atoms with E-state index in [4.69, 9.17) is 0 Å². The lowest BCUT2D eigenvalue weighted by Gasteiger charge is -2.29. The maximum atomic E-state index is 13.3. The molecule has 0 radical (unpaired) electrons. The van der Waals surface area contributed by atoms with Crippen molar-refractivity contribution in [3.63, 3.8) is 0 Å². The minimum atomic E-state index is -0.0790. The molecule has 4 rings (SSSR count). The Balaban J connectivity index is 1.52. The van der Waals surface area contributed by atoms with E-state index in [-0.39, 0.29) is 18.0 Å². The smallest absolute Gasteiger partial charge is 0.240 e. The molecule has 2 fully saturated rings. The predicted octanol–water partition coefficient (Wildman–Crippen LogP) is 2.26. The Morgan fingerprint density at radius 2 is 2.04 bits per heavy atom. The van der Waals surface area contributed by atoms with Crippen LogP contribution < -0.4 is 0 Å². The number of rotatable bonds is 4. The summed E-state index contributed by atoms with van der Waals surface area (Å²) in [6, 6.07) is 4.41. The van der Waals surface area contributed by atoms with Crippen molar-refractivity contribution in [1.82, 2.24) is 30.0 Å². The molecule has 4 heterocycles. The lowest BCUT2D eigenvalue weighted by Crippen LogP contribution is -2.45. The number of aromatic nitrogens is 4. The number of carbonyl (C=O) groups excluding carboxylic acids is 1. The summed E-state index contributed by atoms with van der Waals surface area (Å²) in [6.45, 7) is 5.56. The van der Waals surface area contributed by atoms with Crippen molar-refractivity contribution in [2.45, 2.75) is 57.7 Å². The number of tetrazole rings is 1. The van der Waals surface area contributed by atoms with Gasteiger partial charge in [-0.1, -0.05) is 12.8 Å². The highest BCUT2D eigenvalue weighted by Gasteiger charge is 2.40. The maximum Gasteiger partial charge on any atom is 0.240 e. The van der Waals surface area contributed by atoms with E-state index in [1.807, 2.05) is 16.0 Å². The molecule has 2 atom stereocenters. The molecule has 8 heteroatoms. The second kappa shape index (κ2) is 7.84. The van der Waals surface area contributed by atoms with Crippen molar-refractivity contribution in [3.05, 3.63) is 28.2 Å². The Morgan fingerprint density at radius 1 is 1.23 bits per heavy atom. The van der Waals surface area contributed by atoms with Crippen molar-refractivity contribution in [1.29, 1.82) is 0 Å². The van der Waals surface area contributed by atoms with Gasteiger partial charge >= 0.3 is 0 Å². The van der Waals surface area contributed by atoms with Crippen LogP contribution in [-0.4, -0.2) is 61.6 Å². The third kappa shape index (κ3) is 3.81. The Kier molecular flexibility index (Phi) is 5.31. The van der Waals surface area contributed by atoms with E-state index < -0.39 is 0 Å². The standard InChI is InChI=1S/C18H26N6OS/c1-14-6-7-16(26-14)12-23-11-15(24-13-19-20-21-24)10-17(23)18(25)22-8-4-2-3-5-9-22/h6-7,13,15,17H,2-5,8-12H2,1H3/t15-,17+/m1/s1. The van der Waals surface area contributed by atoms with Gasteiger partial charge in [-0.3, -0.25) is 9.69 Å². The summed E-state index contributed by atoms with van der Waals surface area (Å²) in [5.74, 6) is 0.288. The third-order valence-electron chi connectivity index (χ3n) is 5.48. The zero-order chi connectivity index (χ0) is 17.9. The molecule has 0 aliphatic carbocycles. The largest absolute Gasteiger partial charge is 0.341 e. The van der Waals surface area contributed by atoms with Crippen LogP contribution in [-0.2, 0) is 11.3 Å². The number of aryl methyl sites for hydroxylation is 1. The number of likely N-dealkylation sites (tertiary alicyclic amines) is 2. The third-order valence-corrected chi connectivity index (χ3v) is 6.46. The highest BCUT2D eigenvalue weighted by Crippen LogP contribution is 2.31. The van der Waals surface area contributed by atoms with E-state index in [1.54, 1.807) is 6.33 Å². The summed E-state index contributed by atoms with van der Waals surface area (Å²) in [7, 11) is 0. The van der Waals surface area contributed by atoms with Crippen LogP contribution in [0.1, 0.15) is 47.9 Å². The van der Waals surface area contributed by atoms with Gasteiger partial charge in [-0.2, -0.15) is 0 Å². The van der Waals surface area contributed by atoms with Crippen LogP contribution in [0, 0.1) is 6.92 Å². The summed E-state index contributed by atoms with van der Waals surface area (Å²) in [4.78, 5) is 20.3. The van der Waals surface area contributed by atoms with Crippen molar-refractivity contribution in [2.24, 2.45) is 0 Å². The van der Waals surface area contributed by atoms with Gasteiger partial charge in [0.1, 0.15) is 6.33 Å². The second-order valence-electron chi connectivity index (χ2n) is 7.38. The molecule has 2 aliphatic heterocycles. The van der Waals surface area contributed by atoms with Crippen molar-refractivity contribution >= 4 is 17.2 Å². The predicted molar refractivity (Wildman–Crippen MR) is 99.8 cm³/mol. The van der Waals surface area contributed by atoms with Crippen LogP contribution in [0.4, 0.5) is 0 Å². The maximum absolute atomic E-state index is 13.3. The molecule has 0 saturated carbocycles. The number of nitrogens with zero attached hydrogens (tertiary/aromatic N) is 6. The van der Waals surface area contributed by atoms with Crippen molar-refractivity contribution in [2.75, 3.05) is 19.6 Å². The molecule has 0 aromatic carbocycles. The molecule has 2 saturated heterocycles. The molecule has 2 aromatic rings. The highest BCUT2D eigenvalue weighted by molar-refractivity contribution is 7.11. The SMILES string of the molecule is Cc1ccc(CN2C[C@H](n3cnnn3)C[C@H]2C(=O)N2CCCCCC2)s1. The molecule has 7 nitrogen and oxygen atoms in total. The van der Waals surface area contributed by atoms with Gasteiger partial charge in [0.05, 0.1) is 12.1 Å². The van der Waals surface area contributed by atoms with Gasteiger partial charge < -0.3 is 4.90 Å². The molecule has 26 heavy (non-hydrogen) atoms. The second-order valence-corrected chi connectivity index (χ2v) is 8.75. The number of thiophene rings is 1. The topological polar surface area (TPSA) is 67.2 Å². The van der Waals surface area contributed by atoms with E-state index >= 15 is 0 Å². The quantitative estimate of drug-likeness (QED) is 0.821. The van der Waals surface area contributed by atoms with Crippen LogP contribution in [0.5, 0.6) is 0 Å². The Labute approximate surface area is 158 Å². The van der Waals surface area contributed by atoms with Gasteiger partial charge in [0.2, 0.25) is 5.91 Å². The molecule has 2 aliphatic rings. The minimum absolute atomic E-state index is 0.0790.